The SMILES string of the molecule is Brc1ccc2c3c1cccc3c1cccc3oc4ccccc4n2-c31.c1ccc2c(c1)oc1cccc3c1-n2c1cccc2cccc3c21. The Balaban J connectivity index is 0.000000118. The van der Waals surface area contributed by atoms with Gasteiger partial charge >= 0.3 is 0 Å². The first-order valence-corrected chi connectivity index (χ1v) is 17.2. The maximum atomic E-state index is 6.21. The van der Waals surface area contributed by atoms with Crippen molar-refractivity contribution in [3.63, 3.8) is 0 Å². The first kappa shape index (κ1) is 27.0. The lowest BCUT2D eigenvalue weighted by Gasteiger charge is -2.22. The van der Waals surface area contributed by atoms with E-state index in [1.807, 2.05) is 30.3 Å². The second kappa shape index (κ2) is 9.99. The fourth-order valence-electron chi connectivity index (χ4n) is 8.04. The zero-order chi connectivity index (χ0) is 32.2. The van der Waals surface area contributed by atoms with Gasteiger partial charge < -0.3 is 18.0 Å². The number of fused-ring (bicyclic) bond motifs is 8. The van der Waals surface area contributed by atoms with Crippen LogP contribution in [0.2, 0.25) is 0 Å². The van der Waals surface area contributed by atoms with Crippen LogP contribution in [0.5, 0.6) is 0 Å². The molecule has 0 unspecified atom stereocenters. The highest BCUT2D eigenvalue weighted by atomic mass is 79.9. The van der Waals surface area contributed by atoms with E-state index in [1.54, 1.807) is 0 Å². The van der Waals surface area contributed by atoms with Crippen LogP contribution in [0, 0.1) is 0 Å². The topological polar surface area (TPSA) is 36.1 Å². The lowest BCUT2D eigenvalue weighted by atomic mass is 9.98. The lowest BCUT2D eigenvalue weighted by molar-refractivity contribution is 0.647. The van der Waals surface area contributed by atoms with Gasteiger partial charge in [0.15, 0.2) is 22.3 Å². The van der Waals surface area contributed by atoms with Crippen molar-refractivity contribution in [3.8, 4) is 11.4 Å². The molecule has 4 nitrogen and oxygen atoms in total. The average Bonchev–Trinajstić information content (AvgIpc) is 3.15. The molecule has 0 aliphatic carbocycles. The standard InChI is InChI=1S/C22H12BrNO.C22H13NO/c23-16-11-12-18-21-13(5-3-7-15(16)21)14-6-4-10-20-22(14)24(18)17-8-1-2-9-19(17)25-20;1-2-12-19-17(10-1)23-18-11-4-7-14-6-3-8-15(21(14)18)16-9-5-13-20(24-19)22(16)23/h1-12H;1-13H. The second-order valence-electron chi connectivity index (χ2n) is 12.6. The first-order valence-electron chi connectivity index (χ1n) is 16.4. The number of rotatable bonds is 0. The van der Waals surface area contributed by atoms with Crippen molar-refractivity contribution in [2.24, 2.45) is 0 Å². The molecule has 0 aromatic heterocycles. The van der Waals surface area contributed by atoms with E-state index in [0.717, 1.165) is 49.2 Å². The predicted molar refractivity (Wildman–Crippen MR) is 206 cm³/mol. The third-order valence-corrected chi connectivity index (χ3v) is 10.7. The minimum atomic E-state index is 0.891. The number of benzene rings is 8. The molecule has 0 atom stereocenters. The molecule has 0 amide bonds. The fourth-order valence-corrected chi connectivity index (χ4v) is 8.50. The summed E-state index contributed by atoms with van der Waals surface area (Å²) in [5, 5.41) is 10.1. The number of pyridine rings is 2. The van der Waals surface area contributed by atoms with Crippen LogP contribution in [0.4, 0.5) is 0 Å². The summed E-state index contributed by atoms with van der Waals surface area (Å²) in [4.78, 5) is 0. The van der Waals surface area contributed by atoms with Crippen molar-refractivity contribution < 1.29 is 8.83 Å². The molecule has 5 heteroatoms. The third kappa shape index (κ3) is 3.68. The summed E-state index contributed by atoms with van der Waals surface area (Å²) >= 11 is 3.72. The first-order chi connectivity index (χ1) is 24.2. The Labute approximate surface area is 287 Å². The predicted octanol–water partition coefficient (Wildman–Crippen LogP) is 13.0. The summed E-state index contributed by atoms with van der Waals surface area (Å²) in [7, 11) is 0. The smallest absolute Gasteiger partial charge is 0.152 e. The van der Waals surface area contributed by atoms with E-state index in [-0.39, 0.29) is 0 Å². The van der Waals surface area contributed by atoms with Crippen molar-refractivity contribution in [2.75, 3.05) is 0 Å². The van der Waals surface area contributed by atoms with Crippen LogP contribution in [0.25, 0.3) is 98.9 Å². The molecule has 12 rings (SSSR count). The Morgan fingerprint density at radius 3 is 1.45 bits per heavy atom. The fraction of sp³-hybridized carbons (Fsp3) is 0. The van der Waals surface area contributed by atoms with E-state index in [9.17, 15) is 0 Å². The molecule has 0 saturated carbocycles. The van der Waals surface area contributed by atoms with Crippen LogP contribution in [0.1, 0.15) is 0 Å². The number of hydrogen-bond donors (Lipinski definition) is 0. The molecule has 8 aromatic rings. The maximum absolute atomic E-state index is 6.21. The van der Waals surface area contributed by atoms with Crippen LogP contribution < -0.4 is 0 Å². The molecule has 4 aliphatic heterocycles. The largest absolute Gasteiger partial charge is 0.453 e. The van der Waals surface area contributed by atoms with Gasteiger partial charge in [0, 0.05) is 26.0 Å². The molecule has 8 aromatic carbocycles. The van der Waals surface area contributed by atoms with Gasteiger partial charge in [-0.05, 0) is 76.1 Å². The second-order valence-corrected chi connectivity index (χ2v) is 13.4. The summed E-state index contributed by atoms with van der Waals surface area (Å²) in [6, 6.07) is 53.0. The van der Waals surface area contributed by atoms with E-state index < -0.39 is 0 Å². The van der Waals surface area contributed by atoms with Crippen LogP contribution in [-0.2, 0) is 0 Å². The van der Waals surface area contributed by atoms with Crippen LogP contribution >= 0.6 is 15.9 Å². The zero-order valence-electron chi connectivity index (χ0n) is 26.0. The van der Waals surface area contributed by atoms with Crippen molar-refractivity contribution in [1.82, 2.24) is 9.13 Å². The van der Waals surface area contributed by atoms with Crippen LogP contribution in [0.15, 0.2) is 165 Å². The quantitative estimate of drug-likeness (QED) is 0.117. The molecule has 0 bridgehead atoms. The van der Waals surface area contributed by atoms with E-state index in [2.05, 4.69) is 146 Å². The van der Waals surface area contributed by atoms with Gasteiger partial charge in [-0.25, -0.2) is 0 Å². The maximum Gasteiger partial charge on any atom is 0.152 e. The minimum absolute atomic E-state index is 0.891. The number of aromatic nitrogens is 2. The number of hydrogen-bond acceptors (Lipinski definition) is 2. The van der Waals surface area contributed by atoms with E-state index in [0.29, 0.717) is 0 Å². The van der Waals surface area contributed by atoms with Gasteiger partial charge in [0.25, 0.3) is 0 Å². The molecular formula is C44H25BrN2O2. The van der Waals surface area contributed by atoms with Crippen molar-refractivity contribution in [3.05, 3.63) is 156 Å². The number of para-hydroxylation sites is 6. The van der Waals surface area contributed by atoms with Crippen molar-refractivity contribution in [1.29, 1.82) is 0 Å². The van der Waals surface area contributed by atoms with Gasteiger partial charge in [0.05, 0.1) is 33.4 Å². The van der Waals surface area contributed by atoms with Crippen molar-refractivity contribution in [2.45, 2.75) is 0 Å². The summed E-state index contributed by atoms with van der Waals surface area (Å²) in [6.45, 7) is 0. The molecule has 0 fully saturated rings. The molecule has 0 spiro atoms. The molecule has 4 heterocycles. The Kier molecular flexibility index (Phi) is 5.50. The summed E-state index contributed by atoms with van der Waals surface area (Å²) in [6.07, 6.45) is 0. The van der Waals surface area contributed by atoms with Crippen LogP contribution in [-0.4, -0.2) is 9.13 Å². The number of halogens is 1. The molecule has 0 radical (unpaired) electrons. The van der Waals surface area contributed by atoms with E-state index in [1.165, 1.54) is 54.1 Å². The van der Waals surface area contributed by atoms with Crippen molar-refractivity contribution >= 4 is 103 Å². The molecule has 49 heavy (non-hydrogen) atoms. The normalized spacial score (nSPS) is 12.2. The highest BCUT2D eigenvalue weighted by molar-refractivity contribution is 9.10. The molecular weight excluding hydrogens is 668 g/mol. The lowest BCUT2D eigenvalue weighted by Crippen LogP contribution is -2.04. The zero-order valence-corrected chi connectivity index (χ0v) is 27.6. The highest BCUT2D eigenvalue weighted by Gasteiger charge is 2.21. The summed E-state index contributed by atoms with van der Waals surface area (Å²) in [5.74, 6) is 0. The Morgan fingerprint density at radius 1 is 0.347 bits per heavy atom. The van der Waals surface area contributed by atoms with E-state index >= 15 is 0 Å². The van der Waals surface area contributed by atoms with Gasteiger partial charge in [-0.1, -0.05) is 113 Å². The minimum Gasteiger partial charge on any atom is -0.453 e. The highest BCUT2D eigenvalue weighted by Crippen LogP contribution is 2.43. The Morgan fingerprint density at radius 2 is 0.796 bits per heavy atom. The van der Waals surface area contributed by atoms with Gasteiger partial charge in [-0.2, -0.15) is 0 Å². The third-order valence-electron chi connectivity index (χ3n) is 10.0. The van der Waals surface area contributed by atoms with Gasteiger partial charge in [0.2, 0.25) is 0 Å². The molecule has 230 valence electrons. The Bertz CT molecular complexity index is 3190. The molecule has 0 N–H and O–H groups in total. The number of nitrogens with zero attached hydrogens (tertiary/aromatic N) is 2. The van der Waals surface area contributed by atoms with Gasteiger partial charge in [0.1, 0.15) is 0 Å². The summed E-state index contributed by atoms with van der Waals surface area (Å²) in [5.41, 5.74) is 10.5. The van der Waals surface area contributed by atoms with Gasteiger partial charge in [-0.3, -0.25) is 0 Å². The summed E-state index contributed by atoms with van der Waals surface area (Å²) < 4.78 is 18.2. The van der Waals surface area contributed by atoms with Gasteiger partial charge in [-0.15, -0.1) is 0 Å². The average molecular weight is 694 g/mol. The van der Waals surface area contributed by atoms with Crippen LogP contribution in [0.3, 0.4) is 0 Å². The van der Waals surface area contributed by atoms with E-state index in [4.69, 9.17) is 8.83 Å². The monoisotopic (exact) mass is 692 g/mol. The molecule has 4 aliphatic rings. The Hall–Kier alpha value is -6.04. The molecule has 0 saturated heterocycles.